The van der Waals surface area contributed by atoms with Gasteiger partial charge in [0.05, 0.1) is 5.88 Å². The van der Waals surface area contributed by atoms with E-state index in [-0.39, 0.29) is 23.2 Å². The number of alkyl halides is 4. The van der Waals surface area contributed by atoms with E-state index in [0.29, 0.717) is 0 Å². The molecule has 1 aromatic rings. The van der Waals surface area contributed by atoms with Crippen molar-refractivity contribution in [2.75, 3.05) is 12.5 Å². The van der Waals surface area contributed by atoms with Crippen LogP contribution in [0.15, 0.2) is 29.3 Å². The van der Waals surface area contributed by atoms with Crippen LogP contribution < -0.4 is 10.5 Å². The van der Waals surface area contributed by atoms with Gasteiger partial charge in [-0.2, -0.15) is 13.2 Å². The summed E-state index contributed by atoms with van der Waals surface area (Å²) in [6.07, 6.45) is -4.39. The summed E-state index contributed by atoms with van der Waals surface area (Å²) in [6, 6.07) is 6.03. The number of hydrogen-bond donors (Lipinski definition) is 1. The lowest BCUT2D eigenvalue weighted by atomic mass is 10.3. The number of ether oxygens (including phenoxy) is 1. The maximum atomic E-state index is 12.0. The Morgan fingerprint density at radius 1 is 1.35 bits per heavy atom. The minimum atomic E-state index is -4.39. The van der Waals surface area contributed by atoms with Crippen molar-refractivity contribution >= 4 is 23.1 Å². The highest BCUT2D eigenvalue weighted by Gasteiger charge is 2.28. The molecular formula is C10H10ClF3N2O. The van der Waals surface area contributed by atoms with E-state index >= 15 is 0 Å². The van der Waals surface area contributed by atoms with Gasteiger partial charge in [0.2, 0.25) is 0 Å². The van der Waals surface area contributed by atoms with E-state index in [4.69, 9.17) is 17.3 Å². The Bertz CT molecular complexity index is 407. The van der Waals surface area contributed by atoms with Crippen molar-refractivity contribution in [3.63, 3.8) is 0 Å². The molecule has 0 bridgehead atoms. The molecule has 0 atom stereocenters. The first-order chi connectivity index (χ1) is 7.92. The quantitative estimate of drug-likeness (QED) is 0.517. The first-order valence-corrected chi connectivity index (χ1v) is 5.13. The van der Waals surface area contributed by atoms with Gasteiger partial charge in [0.1, 0.15) is 17.3 Å². The van der Waals surface area contributed by atoms with Gasteiger partial charge < -0.3 is 10.5 Å². The maximum absolute atomic E-state index is 12.0. The van der Waals surface area contributed by atoms with Crippen molar-refractivity contribution in [1.29, 1.82) is 0 Å². The highest BCUT2D eigenvalue weighted by Crippen LogP contribution is 2.28. The number of rotatable bonds is 4. The van der Waals surface area contributed by atoms with Gasteiger partial charge in [-0.05, 0) is 12.1 Å². The average molecular weight is 267 g/mol. The van der Waals surface area contributed by atoms with Crippen molar-refractivity contribution in [2.45, 2.75) is 6.18 Å². The van der Waals surface area contributed by atoms with Crippen LogP contribution in [0.1, 0.15) is 0 Å². The van der Waals surface area contributed by atoms with Gasteiger partial charge in [0.25, 0.3) is 0 Å². The van der Waals surface area contributed by atoms with Gasteiger partial charge in [-0.15, -0.1) is 11.6 Å². The Labute approximate surface area is 101 Å². The van der Waals surface area contributed by atoms with Crippen LogP contribution >= 0.6 is 11.6 Å². The largest absolute Gasteiger partial charge is 0.482 e. The Morgan fingerprint density at radius 2 is 2.00 bits per heavy atom. The third-order valence-electron chi connectivity index (χ3n) is 1.66. The third-order valence-corrected chi connectivity index (χ3v) is 1.93. The zero-order valence-corrected chi connectivity index (χ0v) is 9.42. The van der Waals surface area contributed by atoms with Gasteiger partial charge in [0.15, 0.2) is 6.61 Å². The highest BCUT2D eigenvalue weighted by atomic mass is 35.5. The minimum absolute atomic E-state index is 0.00634. The summed E-state index contributed by atoms with van der Waals surface area (Å²) in [5.41, 5.74) is 5.61. The van der Waals surface area contributed by atoms with Gasteiger partial charge in [-0.1, -0.05) is 12.1 Å². The lowest BCUT2D eigenvalue weighted by Crippen LogP contribution is -2.19. The Kier molecular flexibility index (Phi) is 4.62. The van der Waals surface area contributed by atoms with E-state index < -0.39 is 12.8 Å². The Morgan fingerprint density at radius 3 is 2.59 bits per heavy atom. The topological polar surface area (TPSA) is 47.6 Å². The van der Waals surface area contributed by atoms with Crippen molar-refractivity contribution in [2.24, 2.45) is 10.7 Å². The van der Waals surface area contributed by atoms with Crippen LogP contribution in [0.2, 0.25) is 0 Å². The summed E-state index contributed by atoms with van der Waals surface area (Å²) < 4.78 is 40.6. The van der Waals surface area contributed by atoms with Crippen LogP contribution in [0.3, 0.4) is 0 Å². The number of aliphatic imine (C=N–C) groups is 1. The lowest BCUT2D eigenvalue weighted by molar-refractivity contribution is -0.153. The Balaban J connectivity index is 2.85. The second-order valence-corrected chi connectivity index (χ2v) is 3.38. The van der Waals surface area contributed by atoms with Crippen LogP contribution in [0, 0.1) is 0 Å². The molecule has 0 aliphatic rings. The van der Waals surface area contributed by atoms with E-state index in [1.807, 2.05) is 0 Å². The monoisotopic (exact) mass is 266 g/mol. The van der Waals surface area contributed by atoms with Crippen LogP contribution in [-0.4, -0.2) is 24.5 Å². The van der Waals surface area contributed by atoms with Crippen molar-refractivity contribution in [3.8, 4) is 5.75 Å². The smallest absolute Gasteiger partial charge is 0.422 e. The molecule has 0 aliphatic carbocycles. The molecular weight excluding hydrogens is 257 g/mol. The predicted octanol–water partition coefficient (Wildman–Crippen LogP) is 2.86. The summed E-state index contributed by atoms with van der Waals surface area (Å²) in [5, 5.41) is 0. The number of benzene rings is 1. The molecule has 1 rings (SSSR count). The summed E-state index contributed by atoms with van der Waals surface area (Å²) in [4.78, 5) is 3.85. The van der Waals surface area contributed by atoms with E-state index in [9.17, 15) is 13.2 Å². The third kappa shape index (κ3) is 4.95. The standard InChI is InChI=1S/C10H10ClF3N2O/c11-5-9(15)16-7-3-1-2-4-8(7)17-6-10(12,13)14/h1-4H,5-6H2,(H2,15,16). The molecule has 0 radical (unpaired) electrons. The fourth-order valence-corrected chi connectivity index (χ4v) is 1.08. The number of halogens is 4. The summed E-state index contributed by atoms with van der Waals surface area (Å²) >= 11 is 5.43. The molecule has 0 saturated carbocycles. The molecule has 0 spiro atoms. The zero-order valence-electron chi connectivity index (χ0n) is 8.67. The first kappa shape index (κ1) is 13.6. The predicted molar refractivity (Wildman–Crippen MR) is 60.0 cm³/mol. The number of nitrogens with two attached hydrogens (primary N) is 1. The van der Waals surface area contributed by atoms with Crippen LogP contribution in [0.25, 0.3) is 0 Å². The average Bonchev–Trinajstić information content (AvgIpc) is 2.26. The van der Waals surface area contributed by atoms with Gasteiger partial charge >= 0.3 is 6.18 Å². The summed E-state index contributed by atoms with van der Waals surface area (Å²) in [6.45, 7) is -1.37. The molecule has 7 heteroatoms. The molecule has 1 aromatic carbocycles. The maximum Gasteiger partial charge on any atom is 0.422 e. The molecule has 0 unspecified atom stereocenters. The normalized spacial score (nSPS) is 12.6. The fraction of sp³-hybridized carbons (Fsp3) is 0.300. The first-order valence-electron chi connectivity index (χ1n) is 4.60. The van der Waals surface area contributed by atoms with E-state index in [1.54, 1.807) is 12.1 Å². The van der Waals surface area contributed by atoms with Crippen LogP contribution in [0.5, 0.6) is 5.75 Å². The van der Waals surface area contributed by atoms with Crippen LogP contribution in [0.4, 0.5) is 18.9 Å². The van der Waals surface area contributed by atoms with E-state index in [2.05, 4.69) is 9.73 Å². The second-order valence-electron chi connectivity index (χ2n) is 3.11. The summed E-state index contributed by atoms with van der Waals surface area (Å²) in [5.74, 6) is 0.112. The number of hydrogen-bond acceptors (Lipinski definition) is 2. The zero-order chi connectivity index (χ0) is 12.9. The van der Waals surface area contributed by atoms with Gasteiger partial charge in [-0.3, -0.25) is 0 Å². The second kappa shape index (κ2) is 5.77. The molecule has 0 amide bonds. The fourth-order valence-electron chi connectivity index (χ4n) is 1.02. The lowest BCUT2D eigenvalue weighted by Gasteiger charge is -2.10. The SMILES string of the molecule is NC(CCl)=Nc1ccccc1OCC(F)(F)F. The molecule has 0 aromatic heterocycles. The van der Waals surface area contributed by atoms with Gasteiger partial charge in [-0.25, -0.2) is 4.99 Å². The van der Waals surface area contributed by atoms with Crippen molar-refractivity contribution in [1.82, 2.24) is 0 Å². The molecule has 0 fully saturated rings. The molecule has 0 saturated heterocycles. The van der Waals surface area contributed by atoms with Crippen molar-refractivity contribution < 1.29 is 17.9 Å². The van der Waals surface area contributed by atoms with E-state index in [0.717, 1.165) is 0 Å². The minimum Gasteiger partial charge on any atom is -0.482 e. The number of amidine groups is 1. The molecule has 2 N–H and O–H groups in total. The van der Waals surface area contributed by atoms with Crippen molar-refractivity contribution in [3.05, 3.63) is 24.3 Å². The van der Waals surface area contributed by atoms with E-state index in [1.165, 1.54) is 12.1 Å². The Hall–Kier alpha value is -1.43. The summed E-state index contributed by atoms with van der Waals surface area (Å²) in [7, 11) is 0. The number of para-hydroxylation sites is 2. The molecule has 94 valence electrons. The van der Waals surface area contributed by atoms with Gasteiger partial charge in [0, 0.05) is 0 Å². The molecule has 0 heterocycles. The number of nitrogens with zero attached hydrogens (tertiary/aromatic N) is 1. The van der Waals surface area contributed by atoms with Crippen LogP contribution in [-0.2, 0) is 0 Å². The highest BCUT2D eigenvalue weighted by molar-refractivity contribution is 6.28. The molecule has 3 nitrogen and oxygen atoms in total. The molecule has 17 heavy (non-hydrogen) atoms. The molecule has 0 aliphatic heterocycles.